The summed E-state index contributed by atoms with van der Waals surface area (Å²) in [6, 6.07) is 7.90. The summed E-state index contributed by atoms with van der Waals surface area (Å²) in [5.41, 5.74) is 2.27. The Bertz CT molecular complexity index is 631. The summed E-state index contributed by atoms with van der Waals surface area (Å²) in [7, 11) is -0.246. The SMILES string of the molecule is COc1ccc(CO[C@@H]2C(C)=CC[C@@H](O[Si](C)(C)C(C)(C)C)[C@@H]2CO)cc1. The minimum Gasteiger partial charge on any atom is -0.497 e. The molecule has 27 heavy (non-hydrogen) atoms. The van der Waals surface area contributed by atoms with E-state index in [4.69, 9.17) is 13.9 Å². The fourth-order valence-electron chi connectivity index (χ4n) is 3.19. The van der Waals surface area contributed by atoms with E-state index in [1.165, 1.54) is 5.57 Å². The predicted octanol–water partition coefficient (Wildman–Crippen LogP) is 4.93. The molecule has 152 valence electrons. The number of rotatable bonds is 7. The van der Waals surface area contributed by atoms with Crippen LogP contribution < -0.4 is 4.74 Å². The van der Waals surface area contributed by atoms with E-state index in [0.717, 1.165) is 17.7 Å². The van der Waals surface area contributed by atoms with Crippen LogP contribution in [-0.4, -0.2) is 39.3 Å². The van der Waals surface area contributed by atoms with Crippen LogP contribution in [0.5, 0.6) is 5.75 Å². The molecule has 0 aromatic heterocycles. The van der Waals surface area contributed by atoms with Gasteiger partial charge in [0.1, 0.15) is 5.75 Å². The quantitative estimate of drug-likeness (QED) is 0.528. The number of hydrogen-bond donors (Lipinski definition) is 1. The Balaban J connectivity index is 2.10. The lowest BCUT2D eigenvalue weighted by atomic mass is 9.84. The van der Waals surface area contributed by atoms with E-state index in [1.807, 2.05) is 24.3 Å². The molecular weight excluding hydrogens is 356 g/mol. The summed E-state index contributed by atoms with van der Waals surface area (Å²) in [4.78, 5) is 0. The van der Waals surface area contributed by atoms with E-state index in [-0.39, 0.29) is 29.8 Å². The minimum atomic E-state index is -1.91. The maximum absolute atomic E-state index is 10.1. The highest BCUT2D eigenvalue weighted by atomic mass is 28.4. The third kappa shape index (κ3) is 5.44. The average molecular weight is 393 g/mol. The van der Waals surface area contributed by atoms with Crippen molar-refractivity contribution in [3.63, 3.8) is 0 Å². The van der Waals surface area contributed by atoms with Crippen LogP contribution >= 0.6 is 0 Å². The first-order valence-corrected chi connectivity index (χ1v) is 12.7. The lowest BCUT2D eigenvalue weighted by Gasteiger charge is -2.44. The Hall–Kier alpha value is -1.14. The normalized spacial score (nSPS) is 23.9. The van der Waals surface area contributed by atoms with Crippen molar-refractivity contribution in [1.29, 1.82) is 0 Å². The van der Waals surface area contributed by atoms with Crippen molar-refractivity contribution >= 4 is 8.32 Å². The molecule has 0 bridgehead atoms. The summed E-state index contributed by atoms with van der Waals surface area (Å²) >= 11 is 0. The zero-order valence-corrected chi connectivity index (χ0v) is 18.9. The van der Waals surface area contributed by atoms with Crippen LogP contribution in [0, 0.1) is 5.92 Å². The molecule has 1 aliphatic rings. The number of ether oxygens (including phenoxy) is 2. The van der Waals surface area contributed by atoms with Gasteiger partial charge in [-0.3, -0.25) is 0 Å². The van der Waals surface area contributed by atoms with E-state index in [9.17, 15) is 5.11 Å². The Morgan fingerprint density at radius 3 is 2.30 bits per heavy atom. The number of hydrogen-bond acceptors (Lipinski definition) is 4. The molecule has 0 unspecified atom stereocenters. The Morgan fingerprint density at radius 1 is 1.15 bits per heavy atom. The molecular formula is C22H36O4Si. The van der Waals surface area contributed by atoms with Crippen LogP contribution in [0.1, 0.15) is 39.7 Å². The lowest BCUT2D eigenvalue weighted by molar-refractivity contribution is -0.0472. The molecule has 0 amide bonds. The number of methoxy groups -OCH3 is 1. The summed E-state index contributed by atoms with van der Waals surface area (Å²) < 4.78 is 18.1. The third-order valence-electron chi connectivity index (χ3n) is 6.04. The molecule has 0 radical (unpaired) electrons. The van der Waals surface area contributed by atoms with E-state index in [2.05, 4.69) is 46.9 Å². The van der Waals surface area contributed by atoms with Crippen molar-refractivity contribution in [3.05, 3.63) is 41.5 Å². The average Bonchev–Trinajstić information content (AvgIpc) is 2.61. The van der Waals surface area contributed by atoms with Gasteiger partial charge in [0.2, 0.25) is 0 Å². The molecule has 5 heteroatoms. The number of aliphatic hydroxyl groups excluding tert-OH is 1. The molecule has 4 nitrogen and oxygen atoms in total. The molecule has 1 N–H and O–H groups in total. The van der Waals surface area contributed by atoms with E-state index < -0.39 is 8.32 Å². The van der Waals surface area contributed by atoms with Crippen molar-refractivity contribution in [2.75, 3.05) is 13.7 Å². The second kappa shape index (κ2) is 8.91. The molecule has 1 aromatic carbocycles. The second-order valence-electron chi connectivity index (χ2n) is 9.03. The van der Waals surface area contributed by atoms with Crippen LogP contribution in [0.25, 0.3) is 0 Å². The molecule has 0 saturated heterocycles. The molecule has 0 heterocycles. The topological polar surface area (TPSA) is 47.9 Å². The first kappa shape index (κ1) is 22.1. The third-order valence-corrected chi connectivity index (χ3v) is 10.5. The smallest absolute Gasteiger partial charge is 0.192 e. The highest BCUT2D eigenvalue weighted by Gasteiger charge is 2.43. The zero-order chi connectivity index (χ0) is 20.2. The highest BCUT2D eigenvalue weighted by molar-refractivity contribution is 6.74. The van der Waals surface area contributed by atoms with Crippen molar-refractivity contribution in [1.82, 2.24) is 0 Å². The molecule has 1 aliphatic carbocycles. The predicted molar refractivity (Wildman–Crippen MR) is 113 cm³/mol. The van der Waals surface area contributed by atoms with Gasteiger partial charge in [-0.25, -0.2) is 0 Å². The van der Waals surface area contributed by atoms with E-state index >= 15 is 0 Å². The van der Waals surface area contributed by atoms with Gasteiger partial charge in [-0.15, -0.1) is 0 Å². The largest absolute Gasteiger partial charge is 0.497 e. The standard InChI is InChI=1S/C22H36O4Si/c1-16-8-13-20(26-27(6,7)22(2,3)4)19(14-23)21(16)25-15-17-9-11-18(24-5)12-10-17/h8-12,19-21,23H,13-15H2,1-7H3/t19-,20+,21+/m0/s1. The van der Waals surface area contributed by atoms with Gasteiger partial charge in [0.05, 0.1) is 32.5 Å². The Kier molecular flexibility index (Phi) is 7.31. The Labute approximate surface area is 165 Å². The maximum atomic E-state index is 10.1. The van der Waals surface area contributed by atoms with Gasteiger partial charge >= 0.3 is 0 Å². The summed E-state index contributed by atoms with van der Waals surface area (Å²) in [5.74, 6) is 0.797. The monoisotopic (exact) mass is 392 g/mol. The van der Waals surface area contributed by atoms with Gasteiger partial charge in [0.15, 0.2) is 8.32 Å². The molecule has 2 rings (SSSR count). The minimum absolute atomic E-state index is 0.000425. The number of aliphatic hydroxyl groups is 1. The van der Waals surface area contributed by atoms with Gasteiger partial charge in [0.25, 0.3) is 0 Å². The van der Waals surface area contributed by atoms with Crippen LogP contribution in [0.2, 0.25) is 18.1 Å². The fraction of sp³-hybridized carbons (Fsp3) is 0.636. The van der Waals surface area contributed by atoms with Crippen LogP contribution in [-0.2, 0) is 15.8 Å². The van der Waals surface area contributed by atoms with Crippen molar-refractivity contribution < 1.29 is 19.0 Å². The fourth-order valence-corrected chi connectivity index (χ4v) is 4.57. The lowest BCUT2D eigenvalue weighted by Crippen LogP contribution is -2.50. The van der Waals surface area contributed by atoms with E-state index in [0.29, 0.717) is 6.61 Å². The first-order valence-electron chi connectivity index (χ1n) is 9.79. The van der Waals surface area contributed by atoms with Gasteiger partial charge in [0, 0.05) is 5.92 Å². The van der Waals surface area contributed by atoms with Gasteiger partial charge in [-0.2, -0.15) is 0 Å². The van der Waals surface area contributed by atoms with Gasteiger partial charge in [-0.05, 0) is 54.7 Å². The summed E-state index contributed by atoms with van der Waals surface area (Å²) in [5, 5.41) is 10.3. The first-order chi connectivity index (χ1) is 12.6. The van der Waals surface area contributed by atoms with Crippen molar-refractivity contribution in [3.8, 4) is 5.75 Å². The van der Waals surface area contributed by atoms with Crippen LogP contribution in [0.15, 0.2) is 35.9 Å². The van der Waals surface area contributed by atoms with Crippen molar-refractivity contribution in [2.45, 2.75) is 71.1 Å². The van der Waals surface area contributed by atoms with Gasteiger partial charge in [-0.1, -0.05) is 39.0 Å². The summed E-state index contributed by atoms with van der Waals surface area (Å²) in [6.07, 6.45) is 2.93. The molecule has 0 aliphatic heterocycles. The maximum Gasteiger partial charge on any atom is 0.192 e. The number of benzene rings is 1. The van der Waals surface area contributed by atoms with Crippen LogP contribution in [0.4, 0.5) is 0 Å². The summed E-state index contributed by atoms with van der Waals surface area (Å²) in [6.45, 7) is 13.9. The van der Waals surface area contributed by atoms with Gasteiger partial charge < -0.3 is 19.0 Å². The Morgan fingerprint density at radius 2 is 1.78 bits per heavy atom. The second-order valence-corrected chi connectivity index (χ2v) is 13.8. The molecule has 0 saturated carbocycles. The highest BCUT2D eigenvalue weighted by Crippen LogP contribution is 2.40. The molecule has 3 atom stereocenters. The van der Waals surface area contributed by atoms with Crippen molar-refractivity contribution in [2.24, 2.45) is 5.92 Å². The molecule has 0 spiro atoms. The van der Waals surface area contributed by atoms with Crippen LogP contribution in [0.3, 0.4) is 0 Å². The van der Waals surface area contributed by atoms with E-state index in [1.54, 1.807) is 7.11 Å². The zero-order valence-electron chi connectivity index (χ0n) is 17.9. The molecule has 0 fully saturated rings. The molecule has 1 aromatic rings.